The molecule has 0 aliphatic rings. The van der Waals surface area contributed by atoms with Gasteiger partial charge >= 0.3 is 5.97 Å². The predicted octanol–water partition coefficient (Wildman–Crippen LogP) is 1.72. The SMILES string of the molecule is CCCOc1ccc(S(=O)(=O)NCC(F)F)cc1C(=O)O. The van der Waals surface area contributed by atoms with Crippen LogP contribution in [0.3, 0.4) is 0 Å². The average Bonchev–Trinajstić information content (AvgIpc) is 2.42. The fourth-order valence-electron chi connectivity index (χ4n) is 1.44. The van der Waals surface area contributed by atoms with E-state index in [0.29, 0.717) is 6.42 Å². The zero-order valence-corrected chi connectivity index (χ0v) is 12.0. The van der Waals surface area contributed by atoms with Crippen LogP contribution in [0.1, 0.15) is 23.7 Å². The number of halogens is 2. The maximum absolute atomic E-state index is 12.1. The second-order valence-corrected chi connectivity index (χ2v) is 5.82. The lowest BCUT2D eigenvalue weighted by Crippen LogP contribution is -2.28. The number of sulfonamides is 1. The van der Waals surface area contributed by atoms with E-state index in [1.807, 2.05) is 6.92 Å². The highest BCUT2D eigenvalue weighted by Crippen LogP contribution is 2.23. The number of carbonyl (C=O) groups is 1. The van der Waals surface area contributed by atoms with Crippen molar-refractivity contribution in [1.82, 2.24) is 4.72 Å². The summed E-state index contributed by atoms with van der Waals surface area (Å²) in [6, 6.07) is 3.17. The van der Waals surface area contributed by atoms with E-state index < -0.39 is 33.9 Å². The summed E-state index contributed by atoms with van der Waals surface area (Å²) < 4.78 is 54.5. The monoisotopic (exact) mass is 323 g/mol. The second-order valence-electron chi connectivity index (χ2n) is 4.05. The van der Waals surface area contributed by atoms with Gasteiger partial charge in [0.05, 0.1) is 18.0 Å². The van der Waals surface area contributed by atoms with Crippen molar-refractivity contribution in [3.8, 4) is 5.75 Å². The lowest BCUT2D eigenvalue weighted by molar-refractivity contribution is 0.0692. The molecule has 0 aromatic heterocycles. The molecule has 0 fully saturated rings. The van der Waals surface area contributed by atoms with E-state index in [2.05, 4.69) is 0 Å². The number of ether oxygens (including phenoxy) is 1. The van der Waals surface area contributed by atoms with Crippen molar-refractivity contribution in [2.75, 3.05) is 13.2 Å². The van der Waals surface area contributed by atoms with Crippen LogP contribution < -0.4 is 9.46 Å². The molecular formula is C12H15F2NO5S. The Morgan fingerprint density at radius 2 is 2.10 bits per heavy atom. The van der Waals surface area contributed by atoms with E-state index in [1.54, 1.807) is 4.72 Å². The first kappa shape index (κ1) is 17.3. The van der Waals surface area contributed by atoms with Crippen molar-refractivity contribution in [2.24, 2.45) is 0 Å². The summed E-state index contributed by atoms with van der Waals surface area (Å²) in [5, 5.41) is 9.06. The van der Waals surface area contributed by atoms with Gasteiger partial charge in [-0.1, -0.05) is 6.92 Å². The molecule has 0 atom stereocenters. The zero-order chi connectivity index (χ0) is 16.0. The van der Waals surface area contributed by atoms with Crippen LogP contribution in [0.5, 0.6) is 5.75 Å². The number of carboxylic acid groups (broad SMARTS) is 1. The lowest BCUT2D eigenvalue weighted by atomic mass is 10.2. The van der Waals surface area contributed by atoms with Crippen LogP contribution in [0.4, 0.5) is 8.78 Å². The summed E-state index contributed by atoms with van der Waals surface area (Å²) in [6.45, 7) is 1.06. The topological polar surface area (TPSA) is 92.7 Å². The maximum Gasteiger partial charge on any atom is 0.339 e. The van der Waals surface area contributed by atoms with Gasteiger partial charge < -0.3 is 9.84 Å². The van der Waals surface area contributed by atoms with Crippen LogP contribution in [0.15, 0.2) is 23.1 Å². The average molecular weight is 323 g/mol. The molecule has 1 rings (SSSR count). The van der Waals surface area contributed by atoms with Gasteiger partial charge in [0.15, 0.2) is 0 Å². The van der Waals surface area contributed by atoms with E-state index in [4.69, 9.17) is 9.84 Å². The summed E-state index contributed by atoms with van der Waals surface area (Å²) in [6.07, 6.45) is -2.19. The van der Waals surface area contributed by atoms with Gasteiger partial charge in [-0.05, 0) is 24.6 Å². The minimum absolute atomic E-state index is 0.0251. The summed E-state index contributed by atoms with van der Waals surface area (Å²) in [7, 11) is -4.20. The number of nitrogens with one attached hydrogen (secondary N) is 1. The minimum atomic E-state index is -4.20. The van der Waals surface area contributed by atoms with Crippen molar-refractivity contribution >= 4 is 16.0 Å². The highest BCUT2D eigenvalue weighted by molar-refractivity contribution is 7.89. The van der Waals surface area contributed by atoms with E-state index in [-0.39, 0.29) is 17.9 Å². The molecule has 0 saturated carbocycles. The molecule has 0 spiro atoms. The molecule has 0 saturated heterocycles. The summed E-state index contributed by atoms with van der Waals surface area (Å²) >= 11 is 0. The zero-order valence-electron chi connectivity index (χ0n) is 11.2. The highest BCUT2D eigenvalue weighted by atomic mass is 32.2. The molecule has 0 unspecified atom stereocenters. The molecule has 9 heteroatoms. The number of carboxylic acids is 1. The molecule has 2 N–H and O–H groups in total. The van der Waals surface area contributed by atoms with Crippen LogP contribution in [0.2, 0.25) is 0 Å². The summed E-state index contributed by atoms with van der Waals surface area (Å²) in [4.78, 5) is 10.7. The van der Waals surface area contributed by atoms with Crippen molar-refractivity contribution in [2.45, 2.75) is 24.7 Å². The molecule has 0 radical (unpaired) electrons. The first-order valence-corrected chi connectivity index (χ1v) is 7.54. The third kappa shape index (κ3) is 4.94. The molecule has 0 aliphatic carbocycles. The summed E-state index contributed by atoms with van der Waals surface area (Å²) in [5.74, 6) is -1.34. The van der Waals surface area contributed by atoms with Crippen molar-refractivity contribution in [3.05, 3.63) is 23.8 Å². The Bertz CT molecular complexity index is 604. The van der Waals surface area contributed by atoms with E-state index in [0.717, 1.165) is 12.1 Å². The van der Waals surface area contributed by atoms with E-state index >= 15 is 0 Å². The largest absolute Gasteiger partial charge is 0.493 e. The fourth-order valence-corrected chi connectivity index (χ4v) is 2.47. The van der Waals surface area contributed by atoms with E-state index in [1.165, 1.54) is 6.07 Å². The van der Waals surface area contributed by atoms with Gasteiger partial charge in [0.1, 0.15) is 11.3 Å². The van der Waals surface area contributed by atoms with Gasteiger partial charge in [-0.2, -0.15) is 0 Å². The lowest BCUT2D eigenvalue weighted by Gasteiger charge is -2.11. The van der Waals surface area contributed by atoms with Gasteiger partial charge in [-0.15, -0.1) is 0 Å². The van der Waals surface area contributed by atoms with E-state index in [9.17, 15) is 22.0 Å². The van der Waals surface area contributed by atoms with Gasteiger partial charge in [0.25, 0.3) is 6.43 Å². The Kier molecular flexibility index (Phi) is 6.03. The van der Waals surface area contributed by atoms with Crippen LogP contribution >= 0.6 is 0 Å². The Morgan fingerprint density at radius 3 is 2.62 bits per heavy atom. The molecule has 1 aromatic rings. The van der Waals surface area contributed by atoms with Crippen LogP contribution in [0, 0.1) is 0 Å². The van der Waals surface area contributed by atoms with Gasteiger partial charge in [0.2, 0.25) is 10.0 Å². The molecule has 0 amide bonds. The number of alkyl halides is 2. The number of hydrogen-bond acceptors (Lipinski definition) is 4. The number of aromatic carboxylic acids is 1. The van der Waals surface area contributed by atoms with Crippen molar-refractivity contribution in [3.63, 3.8) is 0 Å². The molecule has 118 valence electrons. The van der Waals surface area contributed by atoms with Gasteiger partial charge in [0, 0.05) is 0 Å². The molecule has 6 nitrogen and oxygen atoms in total. The van der Waals surface area contributed by atoms with Gasteiger partial charge in [-0.25, -0.2) is 26.7 Å². The van der Waals surface area contributed by atoms with Crippen LogP contribution in [-0.2, 0) is 10.0 Å². The molecule has 21 heavy (non-hydrogen) atoms. The number of hydrogen-bond donors (Lipinski definition) is 2. The predicted molar refractivity (Wildman–Crippen MR) is 70.4 cm³/mol. The van der Waals surface area contributed by atoms with Crippen LogP contribution in [0.25, 0.3) is 0 Å². The van der Waals surface area contributed by atoms with Crippen LogP contribution in [-0.4, -0.2) is 39.1 Å². The molecule has 1 aromatic carbocycles. The summed E-state index contributed by atoms with van der Waals surface area (Å²) in [5.41, 5.74) is -0.344. The Morgan fingerprint density at radius 1 is 1.43 bits per heavy atom. The first-order chi connectivity index (χ1) is 9.77. The van der Waals surface area contributed by atoms with Crippen molar-refractivity contribution in [1.29, 1.82) is 0 Å². The molecule has 0 bridgehead atoms. The highest BCUT2D eigenvalue weighted by Gasteiger charge is 2.20. The first-order valence-electron chi connectivity index (χ1n) is 6.06. The second kappa shape index (κ2) is 7.32. The van der Waals surface area contributed by atoms with Crippen molar-refractivity contribution < 1.29 is 31.8 Å². The fraction of sp³-hybridized carbons (Fsp3) is 0.417. The maximum atomic E-state index is 12.1. The standard InChI is InChI=1S/C12H15F2NO5S/c1-2-5-20-10-4-3-8(6-9(10)12(16)17)21(18,19)15-7-11(13)14/h3-4,6,11,15H,2,5,7H2,1H3,(H,16,17). The molecular weight excluding hydrogens is 308 g/mol. The molecule has 0 heterocycles. The smallest absolute Gasteiger partial charge is 0.339 e. The Balaban J connectivity index is 3.10. The third-order valence-corrected chi connectivity index (χ3v) is 3.80. The minimum Gasteiger partial charge on any atom is -0.493 e. The van der Waals surface area contributed by atoms with Gasteiger partial charge in [-0.3, -0.25) is 0 Å². The Labute approximate surface area is 120 Å². The Hall–Kier alpha value is -1.74. The molecule has 0 aliphatic heterocycles. The third-order valence-electron chi connectivity index (χ3n) is 2.38. The number of benzene rings is 1. The normalized spacial score (nSPS) is 11.6. The quantitative estimate of drug-likeness (QED) is 0.760. The number of rotatable bonds is 8.